The van der Waals surface area contributed by atoms with E-state index in [2.05, 4.69) is 10.6 Å². The molecule has 0 atom stereocenters. The summed E-state index contributed by atoms with van der Waals surface area (Å²) in [4.78, 5) is 38.2. The minimum absolute atomic E-state index is 0.0830. The Bertz CT molecular complexity index is 1080. The third-order valence-corrected chi connectivity index (χ3v) is 5.66. The molecule has 2 aromatic carbocycles. The summed E-state index contributed by atoms with van der Waals surface area (Å²) in [5.41, 5.74) is 1.27. The van der Waals surface area contributed by atoms with Crippen LogP contribution in [0.3, 0.4) is 0 Å². The molecular formula is C24H24N2O5S. The maximum atomic E-state index is 12.8. The van der Waals surface area contributed by atoms with Gasteiger partial charge < -0.3 is 20.1 Å². The second-order valence-electron chi connectivity index (χ2n) is 6.76. The van der Waals surface area contributed by atoms with Gasteiger partial charge in [-0.1, -0.05) is 36.4 Å². The largest absolute Gasteiger partial charge is 0.493 e. The third kappa shape index (κ3) is 5.95. The summed E-state index contributed by atoms with van der Waals surface area (Å²) in [6, 6.07) is 18.2. The van der Waals surface area contributed by atoms with E-state index >= 15 is 0 Å². The van der Waals surface area contributed by atoms with Crippen molar-refractivity contribution >= 4 is 39.8 Å². The van der Waals surface area contributed by atoms with Crippen molar-refractivity contribution in [1.82, 2.24) is 0 Å². The van der Waals surface area contributed by atoms with Gasteiger partial charge in [0.1, 0.15) is 10.8 Å². The molecule has 0 fully saturated rings. The van der Waals surface area contributed by atoms with E-state index in [1.165, 1.54) is 0 Å². The lowest BCUT2D eigenvalue weighted by molar-refractivity contribution is -0.116. The summed E-state index contributed by atoms with van der Waals surface area (Å²) in [5.74, 6) is -0.616. The van der Waals surface area contributed by atoms with Gasteiger partial charge in [0.15, 0.2) is 0 Å². The summed E-state index contributed by atoms with van der Waals surface area (Å²) in [7, 11) is 0. The van der Waals surface area contributed by atoms with E-state index in [-0.39, 0.29) is 42.0 Å². The molecule has 32 heavy (non-hydrogen) atoms. The average Bonchev–Trinajstić information content (AvgIpc) is 3.11. The molecule has 1 aromatic heterocycles. The third-order valence-electron chi connectivity index (χ3n) is 4.46. The lowest BCUT2D eigenvalue weighted by Gasteiger charge is -2.08. The molecule has 2 amide bonds. The molecule has 0 aliphatic heterocycles. The normalized spacial score (nSPS) is 10.3. The highest BCUT2D eigenvalue weighted by molar-refractivity contribution is 7.18. The van der Waals surface area contributed by atoms with Crippen LogP contribution in [-0.4, -0.2) is 31.0 Å². The first kappa shape index (κ1) is 23.0. The number of carbonyl (C=O) groups is 3. The van der Waals surface area contributed by atoms with E-state index in [1.807, 2.05) is 36.4 Å². The zero-order chi connectivity index (χ0) is 22.9. The van der Waals surface area contributed by atoms with E-state index in [9.17, 15) is 14.4 Å². The molecular weight excluding hydrogens is 428 g/mol. The van der Waals surface area contributed by atoms with Crippen molar-refractivity contribution in [2.75, 3.05) is 23.8 Å². The summed E-state index contributed by atoms with van der Waals surface area (Å²) < 4.78 is 10.7. The number of benzene rings is 2. The molecule has 166 valence electrons. The van der Waals surface area contributed by atoms with Gasteiger partial charge in [-0.3, -0.25) is 9.59 Å². The van der Waals surface area contributed by atoms with Gasteiger partial charge in [0, 0.05) is 5.69 Å². The number of para-hydroxylation sites is 2. The maximum Gasteiger partial charge on any atom is 0.341 e. The smallest absolute Gasteiger partial charge is 0.341 e. The highest BCUT2D eigenvalue weighted by Gasteiger charge is 2.26. The van der Waals surface area contributed by atoms with Crippen molar-refractivity contribution in [3.63, 3.8) is 0 Å². The minimum atomic E-state index is -0.587. The molecule has 0 saturated heterocycles. The molecule has 2 N–H and O–H groups in total. The fourth-order valence-corrected chi connectivity index (χ4v) is 4.05. The number of hydrogen-bond acceptors (Lipinski definition) is 6. The van der Waals surface area contributed by atoms with Crippen LogP contribution in [-0.2, 0) is 9.53 Å². The van der Waals surface area contributed by atoms with Crippen LogP contribution in [0.4, 0.5) is 10.7 Å². The number of rotatable bonds is 9. The molecule has 0 aliphatic rings. The first-order valence-corrected chi connectivity index (χ1v) is 11.0. The lowest BCUT2D eigenvalue weighted by atomic mass is 10.1. The van der Waals surface area contributed by atoms with Crippen LogP contribution in [0, 0.1) is 6.92 Å². The number of thiophene rings is 1. The fourth-order valence-electron chi connectivity index (χ4n) is 2.94. The van der Waals surface area contributed by atoms with Gasteiger partial charge >= 0.3 is 5.97 Å². The number of carbonyl (C=O) groups excluding carboxylic acids is 3. The monoisotopic (exact) mass is 452 g/mol. The molecule has 0 saturated carbocycles. The molecule has 0 radical (unpaired) electrons. The number of nitrogens with one attached hydrogen (secondary N) is 2. The molecule has 8 heteroatoms. The number of hydrogen-bond donors (Lipinski definition) is 2. The zero-order valence-corrected chi connectivity index (χ0v) is 18.7. The topological polar surface area (TPSA) is 93.7 Å². The Morgan fingerprint density at radius 2 is 1.59 bits per heavy atom. The Morgan fingerprint density at radius 3 is 2.25 bits per heavy atom. The van der Waals surface area contributed by atoms with E-state index < -0.39 is 5.97 Å². The average molecular weight is 453 g/mol. The van der Waals surface area contributed by atoms with E-state index in [0.29, 0.717) is 21.9 Å². The summed E-state index contributed by atoms with van der Waals surface area (Å²) in [6.45, 7) is 3.72. The van der Waals surface area contributed by atoms with Crippen molar-refractivity contribution in [2.24, 2.45) is 0 Å². The molecule has 7 nitrogen and oxygen atoms in total. The summed E-state index contributed by atoms with van der Waals surface area (Å²) >= 11 is 1.04. The van der Waals surface area contributed by atoms with Crippen molar-refractivity contribution in [2.45, 2.75) is 20.3 Å². The quantitative estimate of drug-likeness (QED) is 0.451. The molecule has 3 rings (SSSR count). The van der Waals surface area contributed by atoms with Crippen molar-refractivity contribution in [3.05, 3.63) is 76.7 Å². The van der Waals surface area contributed by atoms with Gasteiger partial charge in [0.2, 0.25) is 5.91 Å². The number of esters is 1. The summed E-state index contributed by atoms with van der Waals surface area (Å²) in [5, 5.41) is 5.82. The van der Waals surface area contributed by atoms with Crippen LogP contribution < -0.4 is 15.4 Å². The molecule has 0 aliphatic carbocycles. The van der Waals surface area contributed by atoms with E-state index in [0.717, 1.165) is 11.3 Å². The van der Waals surface area contributed by atoms with Gasteiger partial charge in [-0.05, 0) is 43.7 Å². The summed E-state index contributed by atoms with van der Waals surface area (Å²) in [6.07, 6.45) is 0.0830. The van der Waals surface area contributed by atoms with Crippen LogP contribution in [0.1, 0.15) is 38.9 Å². The molecule has 1 heterocycles. The van der Waals surface area contributed by atoms with E-state index in [1.54, 1.807) is 38.1 Å². The number of amides is 2. The zero-order valence-electron chi connectivity index (χ0n) is 17.8. The van der Waals surface area contributed by atoms with Crippen LogP contribution in [0.25, 0.3) is 0 Å². The van der Waals surface area contributed by atoms with Crippen molar-refractivity contribution in [3.8, 4) is 5.75 Å². The van der Waals surface area contributed by atoms with Gasteiger partial charge in [0.05, 0.1) is 30.1 Å². The van der Waals surface area contributed by atoms with Crippen LogP contribution >= 0.6 is 11.3 Å². The van der Waals surface area contributed by atoms with Gasteiger partial charge in [-0.2, -0.15) is 0 Å². The first-order valence-electron chi connectivity index (χ1n) is 10.1. The van der Waals surface area contributed by atoms with Crippen molar-refractivity contribution in [1.29, 1.82) is 0 Å². The van der Waals surface area contributed by atoms with Crippen LogP contribution in [0.15, 0.2) is 60.7 Å². The predicted octanol–water partition coefficient (Wildman–Crippen LogP) is 4.89. The van der Waals surface area contributed by atoms with Crippen LogP contribution in [0.2, 0.25) is 0 Å². The lowest BCUT2D eigenvalue weighted by Crippen LogP contribution is -2.17. The number of ether oxygens (including phenoxy) is 2. The van der Waals surface area contributed by atoms with E-state index in [4.69, 9.17) is 9.47 Å². The highest BCUT2D eigenvalue weighted by atomic mass is 32.1. The number of anilines is 2. The first-order chi connectivity index (χ1) is 15.5. The van der Waals surface area contributed by atoms with Crippen molar-refractivity contribution < 1.29 is 23.9 Å². The second kappa shape index (κ2) is 11.1. The molecule has 0 bridgehead atoms. The Balaban J connectivity index is 1.74. The molecule has 3 aromatic rings. The SMILES string of the molecule is CCOC(=O)c1c(NC(=O)CCOc2ccccc2)sc(C(=O)Nc2ccccc2)c1C. The Labute approximate surface area is 190 Å². The van der Waals surface area contributed by atoms with Gasteiger partial charge in [-0.25, -0.2) is 4.79 Å². The second-order valence-corrected chi connectivity index (χ2v) is 7.78. The maximum absolute atomic E-state index is 12.8. The minimum Gasteiger partial charge on any atom is -0.493 e. The molecule has 0 unspecified atom stereocenters. The van der Waals surface area contributed by atoms with Crippen LogP contribution in [0.5, 0.6) is 5.75 Å². The van der Waals surface area contributed by atoms with Gasteiger partial charge in [-0.15, -0.1) is 11.3 Å². The predicted molar refractivity (Wildman–Crippen MR) is 125 cm³/mol. The molecule has 0 spiro atoms. The van der Waals surface area contributed by atoms with Gasteiger partial charge in [0.25, 0.3) is 5.91 Å². The Kier molecular flexibility index (Phi) is 7.99. The Morgan fingerprint density at radius 1 is 0.938 bits per heavy atom. The highest BCUT2D eigenvalue weighted by Crippen LogP contribution is 2.34. The standard InChI is InChI=1S/C24H24N2O5S/c1-3-30-24(29)20-16(2)21(22(28)25-17-10-6-4-7-11-17)32-23(20)26-19(27)14-15-31-18-12-8-5-9-13-18/h4-13H,3,14-15H2,1-2H3,(H,25,28)(H,26,27). The fraction of sp³-hybridized carbons (Fsp3) is 0.208. The Hall–Kier alpha value is -3.65.